The van der Waals surface area contributed by atoms with Gasteiger partial charge in [0.05, 0.1) is 7.11 Å². The Hall–Kier alpha value is -0.220. The molecule has 0 aromatic heterocycles. The van der Waals surface area contributed by atoms with Crippen LogP contribution in [0.5, 0.6) is 0 Å². The van der Waals surface area contributed by atoms with Gasteiger partial charge < -0.3 is 10.5 Å². The van der Waals surface area contributed by atoms with E-state index in [1.807, 2.05) is 11.8 Å². The van der Waals surface area contributed by atoms with Crippen LogP contribution < -0.4 is 5.73 Å². The summed E-state index contributed by atoms with van der Waals surface area (Å²) in [5.41, 5.74) is 5.72. The van der Waals surface area contributed by atoms with E-state index in [9.17, 15) is 4.79 Å². The average Bonchev–Trinajstić information content (AvgIpc) is 2.35. The highest BCUT2D eigenvalue weighted by molar-refractivity contribution is 7.99. The van der Waals surface area contributed by atoms with E-state index >= 15 is 0 Å². The maximum Gasteiger partial charge on any atom is 0.323 e. The molecule has 16 heavy (non-hydrogen) atoms. The van der Waals surface area contributed by atoms with Crippen LogP contribution in [-0.4, -0.2) is 30.1 Å². The van der Waals surface area contributed by atoms with E-state index in [1.54, 1.807) is 0 Å². The molecule has 0 spiro atoms. The van der Waals surface area contributed by atoms with E-state index in [-0.39, 0.29) is 5.97 Å². The van der Waals surface area contributed by atoms with Crippen LogP contribution in [0.25, 0.3) is 0 Å². The van der Waals surface area contributed by atoms with E-state index in [0.717, 1.165) is 5.92 Å². The molecule has 0 bridgehead atoms. The van der Waals surface area contributed by atoms with E-state index in [4.69, 9.17) is 5.73 Å². The van der Waals surface area contributed by atoms with Crippen molar-refractivity contribution in [2.24, 2.45) is 11.7 Å². The minimum absolute atomic E-state index is 0.296. The van der Waals surface area contributed by atoms with Crippen molar-refractivity contribution in [1.29, 1.82) is 0 Å². The van der Waals surface area contributed by atoms with Crippen molar-refractivity contribution in [3.8, 4) is 0 Å². The van der Waals surface area contributed by atoms with Gasteiger partial charge in [-0.05, 0) is 18.8 Å². The van der Waals surface area contributed by atoms with E-state index in [0.29, 0.717) is 11.0 Å². The maximum absolute atomic E-state index is 11.1. The summed E-state index contributed by atoms with van der Waals surface area (Å²) in [4.78, 5) is 11.1. The summed E-state index contributed by atoms with van der Waals surface area (Å²) < 4.78 is 4.62. The molecule has 2 N–H and O–H groups in total. The highest BCUT2D eigenvalue weighted by Crippen LogP contribution is 2.33. The molecule has 1 saturated carbocycles. The van der Waals surface area contributed by atoms with Crippen LogP contribution in [0, 0.1) is 5.92 Å². The molecule has 3 unspecified atom stereocenters. The number of hydrogen-bond donors (Lipinski definition) is 1. The van der Waals surface area contributed by atoms with Gasteiger partial charge in [0, 0.05) is 11.0 Å². The van der Waals surface area contributed by atoms with Crippen LogP contribution >= 0.6 is 11.8 Å². The van der Waals surface area contributed by atoms with Crippen molar-refractivity contribution in [2.75, 3.05) is 12.9 Å². The maximum atomic E-state index is 11.1. The number of carbonyl (C=O) groups is 1. The normalized spacial score (nSPS) is 27.4. The first-order valence-corrected chi connectivity index (χ1v) is 7.17. The van der Waals surface area contributed by atoms with Gasteiger partial charge >= 0.3 is 5.97 Å². The molecule has 1 aliphatic carbocycles. The average molecular weight is 245 g/mol. The number of carbonyl (C=O) groups excluding carboxylic acids is 1. The van der Waals surface area contributed by atoms with Gasteiger partial charge in [-0.25, -0.2) is 0 Å². The minimum Gasteiger partial charge on any atom is -0.468 e. The molecule has 4 heteroatoms. The van der Waals surface area contributed by atoms with Crippen molar-refractivity contribution < 1.29 is 9.53 Å². The fraction of sp³-hybridized carbons (Fsp3) is 0.917. The third-order valence-corrected chi connectivity index (χ3v) is 4.78. The first-order chi connectivity index (χ1) is 7.67. The summed E-state index contributed by atoms with van der Waals surface area (Å²) in [6, 6.07) is -0.461. The number of esters is 1. The lowest BCUT2D eigenvalue weighted by Gasteiger charge is -2.28. The third-order valence-electron chi connectivity index (χ3n) is 3.33. The molecular formula is C12H23NO2S. The Bertz CT molecular complexity index is 223. The van der Waals surface area contributed by atoms with Gasteiger partial charge in [-0.2, -0.15) is 11.8 Å². The van der Waals surface area contributed by atoms with E-state index in [1.165, 1.54) is 39.2 Å². The number of thioether (sulfide) groups is 1. The highest BCUT2D eigenvalue weighted by atomic mass is 32.2. The lowest BCUT2D eigenvalue weighted by Crippen LogP contribution is -2.34. The molecule has 3 nitrogen and oxygen atoms in total. The number of ether oxygens (including phenoxy) is 1. The van der Waals surface area contributed by atoms with Gasteiger partial charge in [-0.1, -0.05) is 26.2 Å². The fourth-order valence-corrected chi connectivity index (χ4v) is 3.58. The molecule has 0 aromatic carbocycles. The summed E-state index contributed by atoms with van der Waals surface area (Å²) in [5.74, 6) is 1.27. The minimum atomic E-state index is -0.461. The zero-order valence-corrected chi connectivity index (χ0v) is 11.1. The van der Waals surface area contributed by atoms with Gasteiger partial charge in [0.25, 0.3) is 0 Å². The van der Waals surface area contributed by atoms with Gasteiger partial charge in [0.2, 0.25) is 0 Å². The third kappa shape index (κ3) is 4.34. The Morgan fingerprint density at radius 3 is 2.94 bits per heavy atom. The summed E-state index contributed by atoms with van der Waals surface area (Å²) in [5, 5.41) is 0.689. The molecule has 0 radical (unpaired) electrons. The summed E-state index contributed by atoms with van der Waals surface area (Å²) in [6.45, 7) is 2.26. The fourth-order valence-electron chi connectivity index (χ4n) is 2.22. The molecule has 1 aliphatic rings. The van der Waals surface area contributed by atoms with Crippen LogP contribution in [0.3, 0.4) is 0 Å². The number of nitrogens with two attached hydrogens (primary N) is 1. The van der Waals surface area contributed by atoms with Crippen molar-refractivity contribution >= 4 is 17.7 Å². The van der Waals surface area contributed by atoms with Crippen LogP contribution in [0.2, 0.25) is 0 Å². The highest BCUT2D eigenvalue weighted by Gasteiger charge is 2.23. The second kappa shape index (κ2) is 7.17. The Kier molecular flexibility index (Phi) is 6.21. The Labute approximate surface area is 102 Å². The zero-order valence-electron chi connectivity index (χ0n) is 10.3. The van der Waals surface area contributed by atoms with E-state index in [2.05, 4.69) is 11.7 Å². The first-order valence-electron chi connectivity index (χ1n) is 6.12. The molecule has 0 heterocycles. The number of hydrogen-bond acceptors (Lipinski definition) is 4. The standard InChI is InChI=1S/C12H23NO2S/c1-3-9-5-4-6-10(7-9)16-8-11(13)12(14)15-2/h9-11H,3-8,13H2,1-2H3. The Morgan fingerprint density at radius 1 is 1.56 bits per heavy atom. The summed E-state index contributed by atoms with van der Waals surface area (Å²) >= 11 is 1.84. The summed E-state index contributed by atoms with van der Waals surface area (Å²) in [6.07, 6.45) is 6.53. The molecule has 1 fully saturated rings. The van der Waals surface area contributed by atoms with Crippen molar-refractivity contribution in [3.63, 3.8) is 0 Å². The van der Waals surface area contributed by atoms with Crippen LogP contribution in [0.15, 0.2) is 0 Å². The SMILES string of the molecule is CCC1CCCC(SCC(N)C(=O)OC)C1. The monoisotopic (exact) mass is 245 g/mol. The molecule has 0 aliphatic heterocycles. The number of rotatable bonds is 5. The van der Waals surface area contributed by atoms with Crippen LogP contribution in [-0.2, 0) is 9.53 Å². The molecular weight excluding hydrogens is 222 g/mol. The molecule has 1 rings (SSSR count). The molecule has 0 amide bonds. The lowest BCUT2D eigenvalue weighted by molar-refractivity contribution is -0.141. The first kappa shape index (κ1) is 13.8. The topological polar surface area (TPSA) is 52.3 Å². The molecule has 0 aromatic rings. The predicted molar refractivity (Wildman–Crippen MR) is 68.5 cm³/mol. The zero-order chi connectivity index (χ0) is 12.0. The molecule has 0 saturated heterocycles. The van der Waals surface area contributed by atoms with Crippen LogP contribution in [0.4, 0.5) is 0 Å². The van der Waals surface area contributed by atoms with Crippen LogP contribution in [0.1, 0.15) is 39.0 Å². The molecule has 3 atom stereocenters. The van der Waals surface area contributed by atoms with Crippen molar-refractivity contribution in [2.45, 2.75) is 50.3 Å². The van der Waals surface area contributed by atoms with Gasteiger partial charge in [-0.15, -0.1) is 0 Å². The predicted octanol–water partition coefficient (Wildman–Crippen LogP) is 2.19. The summed E-state index contributed by atoms with van der Waals surface area (Å²) in [7, 11) is 1.39. The van der Waals surface area contributed by atoms with Gasteiger partial charge in [0.1, 0.15) is 6.04 Å². The second-order valence-electron chi connectivity index (χ2n) is 4.53. The van der Waals surface area contributed by atoms with Gasteiger partial charge in [0.15, 0.2) is 0 Å². The van der Waals surface area contributed by atoms with E-state index < -0.39 is 6.04 Å². The van der Waals surface area contributed by atoms with Crippen molar-refractivity contribution in [3.05, 3.63) is 0 Å². The smallest absolute Gasteiger partial charge is 0.323 e. The second-order valence-corrected chi connectivity index (χ2v) is 5.86. The Balaban J connectivity index is 2.24. The van der Waals surface area contributed by atoms with Gasteiger partial charge in [-0.3, -0.25) is 4.79 Å². The van der Waals surface area contributed by atoms with Crippen molar-refractivity contribution in [1.82, 2.24) is 0 Å². The number of methoxy groups -OCH3 is 1. The quantitative estimate of drug-likeness (QED) is 0.754. The lowest BCUT2D eigenvalue weighted by atomic mass is 9.87. The largest absolute Gasteiger partial charge is 0.468 e. The Morgan fingerprint density at radius 2 is 2.31 bits per heavy atom. The molecule has 94 valence electrons.